The van der Waals surface area contributed by atoms with Crippen molar-refractivity contribution in [2.45, 2.75) is 13.8 Å². The van der Waals surface area contributed by atoms with Gasteiger partial charge in [-0.1, -0.05) is 13.8 Å². The number of halogens is 1. The minimum Gasteiger partial charge on any atom is -0.247 e. The molecule has 0 unspecified atom stereocenters. The van der Waals surface area contributed by atoms with E-state index in [4.69, 9.17) is 0 Å². The maximum absolute atomic E-state index is 2.40. The molecule has 8 heavy (non-hydrogen) atoms. The summed E-state index contributed by atoms with van der Waals surface area (Å²) in [6.45, 7) is 7.20. The number of hydrogen-bond donors (Lipinski definition) is 0. The summed E-state index contributed by atoms with van der Waals surface area (Å²) in [6.07, 6.45) is 0. The molecule has 0 bridgehead atoms. The van der Waals surface area contributed by atoms with Crippen LogP contribution in [0.3, 0.4) is 0 Å². The minimum atomic E-state index is 0.909. The molecule has 1 fully saturated rings. The molecule has 0 saturated carbocycles. The van der Waals surface area contributed by atoms with Crippen molar-refractivity contribution >= 4 is 22.9 Å². The molecule has 0 aromatic heterocycles. The first-order chi connectivity index (χ1) is 3.70. The Morgan fingerprint density at radius 1 is 1.25 bits per heavy atom. The summed E-state index contributed by atoms with van der Waals surface area (Å²) in [4.78, 5) is 0. The Morgan fingerprint density at radius 3 is 1.75 bits per heavy atom. The highest BCUT2D eigenvalue weighted by Crippen LogP contribution is 2.24. The molecule has 0 radical (unpaired) electrons. The van der Waals surface area contributed by atoms with Gasteiger partial charge in [-0.2, -0.15) is 0 Å². The monoisotopic (exact) mass is 225 g/mol. The van der Waals surface area contributed by atoms with Crippen LogP contribution in [0.25, 0.3) is 0 Å². The molecule has 2 atom stereocenters. The van der Waals surface area contributed by atoms with Gasteiger partial charge in [0.15, 0.2) is 0 Å². The second-order valence-corrected chi connectivity index (χ2v) is 4.15. The van der Waals surface area contributed by atoms with E-state index in [1.54, 1.807) is 0 Å². The summed E-state index contributed by atoms with van der Waals surface area (Å²) in [5.74, 6) is 1.82. The van der Waals surface area contributed by atoms with E-state index >= 15 is 0 Å². The van der Waals surface area contributed by atoms with Gasteiger partial charge >= 0.3 is 0 Å². The molecule has 48 valence electrons. The lowest BCUT2D eigenvalue weighted by Crippen LogP contribution is -2.04. The molecule has 1 rings (SSSR count). The fourth-order valence-electron chi connectivity index (χ4n) is 1.06. The highest BCUT2D eigenvalue weighted by Gasteiger charge is 2.23. The Kier molecular flexibility index (Phi) is 2.14. The van der Waals surface area contributed by atoms with Crippen LogP contribution < -0.4 is 0 Å². The Hall–Kier alpha value is 0.690. The van der Waals surface area contributed by atoms with E-state index in [0.29, 0.717) is 0 Å². The zero-order valence-electron chi connectivity index (χ0n) is 5.39. The van der Waals surface area contributed by atoms with E-state index in [1.807, 2.05) is 0 Å². The first kappa shape index (κ1) is 6.81. The van der Waals surface area contributed by atoms with Crippen LogP contribution in [-0.4, -0.2) is 16.2 Å². The van der Waals surface area contributed by atoms with E-state index in [-0.39, 0.29) is 0 Å². The van der Waals surface area contributed by atoms with Gasteiger partial charge in [-0.05, 0) is 11.8 Å². The van der Waals surface area contributed by atoms with Gasteiger partial charge in [0.05, 0.1) is 0 Å². The van der Waals surface area contributed by atoms with Crippen LogP contribution in [0.2, 0.25) is 0 Å². The number of nitrogens with zero attached hydrogens (tertiary/aromatic N) is 1. The van der Waals surface area contributed by atoms with Gasteiger partial charge in [0.2, 0.25) is 0 Å². The molecule has 0 N–H and O–H groups in total. The van der Waals surface area contributed by atoms with Crippen LogP contribution in [0.15, 0.2) is 0 Å². The van der Waals surface area contributed by atoms with Crippen molar-refractivity contribution in [3.05, 3.63) is 0 Å². The van der Waals surface area contributed by atoms with Gasteiger partial charge in [-0.25, -0.2) is 3.11 Å². The van der Waals surface area contributed by atoms with Gasteiger partial charge in [-0.15, -0.1) is 0 Å². The average Bonchev–Trinajstić information content (AvgIpc) is 1.85. The van der Waals surface area contributed by atoms with E-state index in [2.05, 4.69) is 39.8 Å². The second-order valence-electron chi connectivity index (χ2n) is 2.78. The molecule has 1 heterocycles. The first-order valence-electron chi connectivity index (χ1n) is 3.11. The summed E-state index contributed by atoms with van der Waals surface area (Å²) in [6, 6.07) is 0. The summed E-state index contributed by atoms with van der Waals surface area (Å²) >= 11 is 2.40. The third-order valence-electron chi connectivity index (χ3n) is 1.94. The van der Waals surface area contributed by atoms with Crippen LogP contribution in [0, 0.1) is 11.8 Å². The van der Waals surface area contributed by atoms with E-state index in [9.17, 15) is 0 Å². The molecule has 1 saturated heterocycles. The van der Waals surface area contributed by atoms with E-state index in [1.165, 1.54) is 13.1 Å². The summed E-state index contributed by atoms with van der Waals surface area (Å²) in [7, 11) is 0. The van der Waals surface area contributed by atoms with Crippen molar-refractivity contribution in [1.29, 1.82) is 0 Å². The standard InChI is InChI=1S/C6H12IN/c1-5-3-8(7)4-6(5)2/h5-6H,3-4H2,1-2H3/t5-,6+. The normalized spacial score (nSPS) is 40.9. The fraction of sp³-hybridized carbons (Fsp3) is 1.00. The molecular weight excluding hydrogens is 213 g/mol. The van der Waals surface area contributed by atoms with Gasteiger partial charge in [0, 0.05) is 36.0 Å². The van der Waals surface area contributed by atoms with E-state index < -0.39 is 0 Å². The Bertz CT molecular complexity index is 74.6. The molecular formula is C6H12IN. The fourth-order valence-corrected chi connectivity index (χ4v) is 2.30. The topological polar surface area (TPSA) is 3.24 Å². The molecule has 0 spiro atoms. The van der Waals surface area contributed by atoms with Crippen LogP contribution in [0.4, 0.5) is 0 Å². The quantitative estimate of drug-likeness (QED) is 0.449. The van der Waals surface area contributed by atoms with E-state index in [0.717, 1.165) is 11.8 Å². The average molecular weight is 225 g/mol. The molecule has 1 aliphatic heterocycles. The first-order valence-corrected chi connectivity index (χ1v) is 4.07. The van der Waals surface area contributed by atoms with Crippen molar-refractivity contribution in [3.8, 4) is 0 Å². The predicted octanol–water partition coefficient (Wildman–Crippen LogP) is 1.92. The van der Waals surface area contributed by atoms with Crippen LogP contribution >= 0.6 is 22.9 Å². The van der Waals surface area contributed by atoms with Crippen LogP contribution in [-0.2, 0) is 0 Å². The highest BCUT2D eigenvalue weighted by molar-refractivity contribution is 14.1. The molecule has 1 aliphatic rings. The molecule has 0 aromatic rings. The predicted molar refractivity (Wildman–Crippen MR) is 43.9 cm³/mol. The Labute approximate surface area is 64.9 Å². The van der Waals surface area contributed by atoms with Crippen LogP contribution in [0.5, 0.6) is 0 Å². The molecule has 2 heteroatoms. The second kappa shape index (κ2) is 2.52. The minimum absolute atomic E-state index is 0.909. The third-order valence-corrected chi connectivity index (χ3v) is 2.73. The summed E-state index contributed by atoms with van der Waals surface area (Å²) in [5.41, 5.74) is 0. The molecule has 1 nitrogen and oxygen atoms in total. The van der Waals surface area contributed by atoms with Gasteiger partial charge in [0.1, 0.15) is 0 Å². The zero-order chi connectivity index (χ0) is 6.15. The largest absolute Gasteiger partial charge is 0.247 e. The summed E-state index contributed by atoms with van der Waals surface area (Å²) in [5, 5.41) is 0. The molecule has 0 aliphatic carbocycles. The van der Waals surface area contributed by atoms with Crippen molar-refractivity contribution in [2.75, 3.05) is 13.1 Å². The van der Waals surface area contributed by atoms with Crippen molar-refractivity contribution < 1.29 is 0 Å². The highest BCUT2D eigenvalue weighted by atomic mass is 127. The third kappa shape index (κ3) is 1.35. The smallest absolute Gasteiger partial charge is 0.0201 e. The Balaban J connectivity index is 2.39. The zero-order valence-corrected chi connectivity index (χ0v) is 7.55. The summed E-state index contributed by atoms with van der Waals surface area (Å²) < 4.78 is 2.37. The Morgan fingerprint density at radius 2 is 1.62 bits per heavy atom. The lowest BCUT2D eigenvalue weighted by Gasteiger charge is -2.03. The van der Waals surface area contributed by atoms with Gasteiger partial charge < -0.3 is 0 Å². The maximum atomic E-state index is 2.40. The van der Waals surface area contributed by atoms with Gasteiger partial charge in [-0.3, -0.25) is 0 Å². The molecule has 0 amide bonds. The van der Waals surface area contributed by atoms with Crippen LogP contribution in [0.1, 0.15) is 13.8 Å². The number of rotatable bonds is 0. The van der Waals surface area contributed by atoms with Crippen molar-refractivity contribution in [1.82, 2.24) is 3.11 Å². The van der Waals surface area contributed by atoms with Crippen molar-refractivity contribution in [2.24, 2.45) is 11.8 Å². The van der Waals surface area contributed by atoms with Crippen molar-refractivity contribution in [3.63, 3.8) is 0 Å². The lowest BCUT2D eigenvalue weighted by molar-refractivity contribution is 0.494. The maximum Gasteiger partial charge on any atom is 0.0201 e. The lowest BCUT2D eigenvalue weighted by atomic mass is 10.0. The molecule has 0 aromatic carbocycles. The van der Waals surface area contributed by atoms with Gasteiger partial charge in [0.25, 0.3) is 0 Å². The SMILES string of the molecule is C[C@@H]1CN(I)C[C@@H]1C. The number of hydrogen-bond acceptors (Lipinski definition) is 1.